The van der Waals surface area contributed by atoms with Crippen LogP contribution < -0.4 is 10.3 Å². The number of pyridine rings is 1. The van der Waals surface area contributed by atoms with Crippen molar-refractivity contribution in [2.45, 2.75) is 13.3 Å². The van der Waals surface area contributed by atoms with Gasteiger partial charge in [0.25, 0.3) is 5.56 Å². The van der Waals surface area contributed by atoms with Crippen LogP contribution in [0.3, 0.4) is 0 Å². The first-order valence-electron chi connectivity index (χ1n) is 6.33. The molecule has 106 valence electrons. The van der Waals surface area contributed by atoms with Gasteiger partial charge in [0.05, 0.1) is 18.5 Å². The molecule has 0 aliphatic heterocycles. The van der Waals surface area contributed by atoms with Gasteiger partial charge < -0.3 is 14.4 Å². The van der Waals surface area contributed by atoms with Crippen LogP contribution in [0.15, 0.2) is 29.1 Å². The quantitative estimate of drug-likeness (QED) is 0.924. The zero-order chi connectivity index (χ0) is 14.9. The summed E-state index contributed by atoms with van der Waals surface area (Å²) in [5.74, 6) is -0.806. The van der Waals surface area contributed by atoms with Gasteiger partial charge in [0.15, 0.2) is 0 Å². The van der Waals surface area contributed by atoms with E-state index in [1.54, 1.807) is 33.2 Å². The second-order valence-corrected chi connectivity index (χ2v) is 4.90. The van der Waals surface area contributed by atoms with Crippen molar-refractivity contribution >= 4 is 16.9 Å². The van der Waals surface area contributed by atoms with E-state index in [1.807, 2.05) is 12.1 Å². The number of hydrogen-bond donors (Lipinski definition) is 1. The number of hydrogen-bond acceptors (Lipinski definition) is 3. The van der Waals surface area contributed by atoms with Crippen LogP contribution in [-0.2, 0) is 18.3 Å². The fourth-order valence-corrected chi connectivity index (χ4v) is 2.20. The molecule has 1 N–H and O–H groups in total. The topological polar surface area (TPSA) is 68.5 Å². The third-order valence-electron chi connectivity index (χ3n) is 3.46. The molecular formula is C15H17NO4. The molecule has 2 rings (SSSR count). The Balaban J connectivity index is 2.57. The van der Waals surface area contributed by atoms with Gasteiger partial charge in [0, 0.05) is 18.7 Å². The van der Waals surface area contributed by atoms with Gasteiger partial charge in [-0.05, 0) is 30.0 Å². The molecule has 5 heteroatoms. The van der Waals surface area contributed by atoms with Crippen molar-refractivity contribution in [3.05, 3.63) is 40.2 Å². The zero-order valence-corrected chi connectivity index (χ0v) is 11.7. The maximum absolute atomic E-state index is 12.3. The number of fused-ring (bicyclic) bond motifs is 1. The highest BCUT2D eigenvalue weighted by Gasteiger charge is 2.15. The molecule has 0 fully saturated rings. The molecule has 1 aromatic carbocycles. The Kier molecular flexibility index (Phi) is 3.79. The summed E-state index contributed by atoms with van der Waals surface area (Å²) >= 11 is 0. The molecule has 0 aliphatic carbocycles. The number of rotatable bonds is 4. The summed E-state index contributed by atoms with van der Waals surface area (Å²) in [6.07, 6.45) is 0.226. The number of aryl methyl sites for hydroxylation is 1. The van der Waals surface area contributed by atoms with Gasteiger partial charge in [0.1, 0.15) is 5.75 Å². The maximum Gasteiger partial charge on any atom is 0.306 e. The van der Waals surface area contributed by atoms with Crippen molar-refractivity contribution < 1.29 is 14.6 Å². The number of nitrogens with zero attached hydrogens (tertiary/aromatic N) is 1. The van der Waals surface area contributed by atoms with Crippen LogP contribution in [0.5, 0.6) is 5.75 Å². The molecule has 1 atom stereocenters. The van der Waals surface area contributed by atoms with Gasteiger partial charge in [-0.25, -0.2) is 0 Å². The van der Waals surface area contributed by atoms with Crippen LogP contribution in [0.1, 0.15) is 12.5 Å². The summed E-state index contributed by atoms with van der Waals surface area (Å²) in [6, 6.07) is 7.23. The van der Waals surface area contributed by atoms with Crippen molar-refractivity contribution in [3.63, 3.8) is 0 Å². The van der Waals surface area contributed by atoms with Crippen molar-refractivity contribution in [2.75, 3.05) is 7.11 Å². The zero-order valence-electron chi connectivity index (χ0n) is 11.7. The van der Waals surface area contributed by atoms with Gasteiger partial charge in [-0.1, -0.05) is 6.92 Å². The van der Waals surface area contributed by atoms with Crippen molar-refractivity contribution in [1.29, 1.82) is 0 Å². The minimum absolute atomic E-state index is 0.168. The molecule has 2 aromatic rings. The fourth-order valence-electron chi connectivity index (χ4n) is 2.20. The average molecular weight is 275 g/mol. The van der Waals surface area contributed by atoms with E-state index in [9.17, 15) is 9.59 Å². The molecule has 0 radical (unpaired) electrons. The average Bonchev–Trinajstić information content (AvgIpc) is 2.44. The van der Waals surface area contributed by atoms with Crippen molar-refractivity contribution in [2.24, 2.45) is 13.0 Å². The predicted molar refractivity (Wildman–Crippen MR) is 76.2 cm³/mol. The summed E-state index contributed by atoms with van der Waals surface area (Å²) in [5, 5.41) is 9.85. The van der Waals surface area contributed by atoms with Crippen LogP contribution in [0, 0.1) is 5.92 Å². The van der Waals surface area contributed by atoms with Gasteiger partial charge in [-0.15, -0.1) is 0 Å². The van der Waals surface area contributed by atoms with E-state index < -0.39 is 11.9 Å². The van der Waals surface area contributed by atoms with Gasteiger partial charge in [-0.3, -0.25) is 9.59 Å². The second kappa shape index (κ2) is 5.36. The Morgan fingerprint density at radius 3 is 2.70 bits per heavy atom. The van der Waals surface area contributed by atoms with E-state index in [4.69, 9.17) is 9.84 Å². The Hall–Kier alpha value is -2.30. The number of aromatic nitrogens is 1. The van der Waals surface area contributed by atoms with Crippen LogP contribution >= 0.6 is 0 Å². The molecule has 1 aromatic heterocycles. The first-order valence-corrected chi connectivity index (χ1v) is 6.33. The highest BCUT2D eigenvalue weighted by atomic mass is 16.5. The number of aliphatic carboxylic acids is 1. The molecule has 5 nitrogen and oxygen atoms in total. The first-order chi connectivity index (χ1) is 9.43. The van der Waals surface area contributed by atoms with E-state index in [-0.39, 0.29) is 12.0 Å². The molecule has 0 bridgehead atoms. The summed E-state index contributed by atoms with van der Waals surface area (Å²) in [4.78, 5) is 23.2. The molecule has 1 heterocycles. The van der Waals surface area contributed by atoms with Crippen molar-refractivity contribution in [3.8, 4) is 5.75 Å². The Morgan fingerprint density at radius 1 is 1.40 bits per heavy atom. The van der Waals surface area contributed by atoms with Crippen LogP contribution in [0.2, 0.25) is 0 Å². The number of carboxylic acids is 1. The lowest BCUT2D eigenvalue weighted by atomic mass is 10.0. The molecule has 20 heavy (non-hydrogen) atoms. The number of ether oxygens (including phenoxy) is 1. The van der Waals surface area contributed by atoms with Crippen LogP contribution in [-0.4, -0.2) is 22.8 Å². The van der Waals surface area contributed by atoms with Gasteiger partial charge in [0.2, 0.25) is 0 Å². The third kappa shape index (κ3) is 2.52. The minimum atomic E-state index is -0.901. The molecule has 0 saturated heterocycles. The molecule has 0 spiro atoms. The van der Waals surface area contributed by atoms with Crippen molar-refractivity contribution in [1.82, 2.24) is 4.57 Å². The molecule has 0 amide bonds. The molecule has 0 aliphatic rings. The monoisotopic (exact) mass is 275 g/mol. The lowest BCUT2D eigenvalue weighted by Gasteiger charge is -2.11. The Bertz CT molecular complexity index is 718. The number of benzene rings is 1. The largest absolute Gasteiger partial charge is 0.497 e. The SMILES string of the molecule is COc1ccc2cc(CC(C)C(=O)O)c(=O)n(C)c2c1. The summed E-state index contributed by atoms with van der Waals surface area (Å²) < 4.78 is 6.68. The second-order valence-electron chi connectivity index (χ2n) is 4.90. The van der Waals surface area contributed by atoms with E-state index in [1.165, 1.54) is 4.57 Å². The van der Waals surface area contributed by atoms with Gasteiger partial charge in [-0.2, -0.15) is 0 Å². The summed E-state index contributed by atoms with van der Waals surface area (Å²) in [7, 11) is 3.25. The van der Waals surface area contributed by atoms with E-state index >= 15 is 0 Å². The third-order valence-corrected chi connectivity index (χ3v) is 3.46. The van der Waals surface area contributed by atoms with Crippen LogP contribution in [0.25, 0.3) is 10.9 Å². The minimum Gasteiger partial charge on any atom is -0.497 e. The standard InChI is InChI=1S/C15H17NO4/c1-9(15(18)19)6-11-7-10-4-5-12(20-3)8-13(10)16(2)14(11)17/h4-5,7-9H,6H2,1-3H3,(H,18,19). The highest BCUT2D eigenvalue weighted by Crippen LogP contribution is 2.20. The first kappa shape index (κ1) is 14.1. The molecule has 1 unspecified atom stereocenters. The fraction of sp³-hybridized carbons (Fsp3) is 0.333. The summed E-state index contributed by atoms with van der Waals surface area (Å²) in [6.45, 7) is 1.60. The van der Waals surface area contributed by atoms with Crippen LogP contribution in [0.4, 0.5) is 0 Å². The number of carboxylic acid groups (broad SMARTS) is 1. The smallest absolute Gasteiger partial charge is 0.306 e. The summed E-state index contributed by atoms with van der Waals surface area (Å²) in [5.41, 5.74) is 1.11. The number of carbonyl (C=O) groups is 1. The van der Waals surface area contributed by atoms with E-state index in [2.05, 4.69) is 0 Å². The lowest BCUT2D eigenvalue weighted by Crippen LogP contribution is -2.24. The highest BCUT2D eigenvalue weighted by molar-refractivity contribution is 5.81. The van der Waals surface area contributed by atoms with E-state index in [0.29, 0.717) is 11.3 Å². The Labute approximate surface area is 116 Å². The maximum atomic E-state index is 12.3. The van der Waals surface area contributed by atoms with Gasteiger partial charge >= 0.3 is 5.97 Å². The number of methoxy groups -OCH3 is 1. The predicted octanol–water partition coefficient (Wildman–Crippen LogP) is 1.81. The molecular weight excluding hydrogens is 258 g/mol. The normalized spacial score (nSPS) is 12.3. The lowest BCUT2D eigenvalue weighted by molar-refractivity contribution is -0.141. The Morgan fingerprint density at radius 2 is 2.10 bits per heavy atom. The van der Waals surface area contributed by atoms with E-state index in [0.717, 1.165) is 10.9 Å². The molecule has 0 saturated carbocycles.